The van der Waals surface area contributed by atoms with E-state index in [9.17, 15) is 18.8 Å². The summed E-state index contributed by atoms with van der Waals surface area (Å²) in [6.45, 7) is 1.19. The first-order chi connectivity index (χ1) is 14.3. The summed E-state index contributed by atoms with van der Waals surface area (Å²) in [5.41, 5.74) is 1.11. The normalized spacial score (nSPS) is 16.8. The smallest absolute Gasteiger partial charge is 0.332 e. The Morgan fingerprint density at radius 1 is 1.10 bits per heavy atom. The van der Waals surface area contributed by atoms with Crippen molar-refractivity contribution in [2.75, 3.05) is 13.1 Å². The van der Waals surface area contributed by atoms with E-state index in [0.29, 0.717) is 24.1 Å². The van der Waals surface area contributed by atoms with Crippen LogP contribution in [0.25, 0.3) is 11.0 Å². The second kappa shape index (κ2) is 7.85. The summed E-state index contributed by atoms with van der Waals surface area (Å²) < 4.78 is 15.5. The van der Waals surface area contributed by atoms with E-state index in [1.807, 2.05) is 11.0 Å². The van der Waals surface area contributed by atoms with E-state index in [0.717, 1.165) is 28.7 Å². The molecule has 1 saturated heterocycles. The molecule has 0 N–H and O–H groups in total. The molecule has 0 unspecified atom stereocenters. The zero-order chi connectivity index (χ0) is 21.4. The van der Waals surface area contributed by atoms with Crippen LogP contribution in [0.1, 0.15) is 30.0 Å². The van der Waals surface area contributed by atoms with Crippen molar-refractivity contribution in [3.63, 3.8) is 0 Å². The van der Waals surface area contributed by atoms with Gasteiger partial charge in [0, 0.05) is 38.8 Å². The van der Waals surface area contributed by atoms with Gasteiger partial charge in [0.05, 0.1) is 11.8 Å². The minimum atomic E-state index is -0.420. The van der Waals surface area contributed by atoms with Gasteiger partial charge in [0.2, 0.25) is 5.91 Å². The Morgan fingerprint density at radius 2 is 1.83 bits per heavy atom. The number of amides is 1. The predicted molar refractivity (Wildman–Crippen MR) is 111 cm³/mol. The lowest BCUT2D eigenvalue weighted by Crippen LogP contribution is -2.40. The van der Waals surface area contributed by atoms with Crippen molar-refractivity contribution in [3.8, 4) is 0 Å². The molecule has 0 radical (unpaired) electrons. The molecule has 1 aliphatic heterocycles. The van der Waals surface area contributed by atoms with Gasteiger partial charge in [0.25, 0.3) is 5.56 Å². The van der Waals surface area contributed by atoms with E-state index in [2.05, 4.69) is 4.98 Å². The molecule has 3 aromatic rings. The Morgan fingerprint density at radius 3 is 2.57 bits per heavy atom. The van der Waals surface area contributed by atoms with Gasteiger partial charge in [0.1, 0.15) is 11.5 Å². The van der Waals surface area contributed by atoms with Crippen molar-refractivity contribution in [1.82, 2.24) is 19.0 Å². The molecule has 0 saturated carbocycles. The van der Waals surface area contributed by atoms with Crippen molar-refractivity contribution in [2.45, 2.75) is 25.2 Å². The molecule has 2 aromatic heterocycles. The van der Waals surface area contributed by atoms with Gasteiger partial charge < -0.3 is 4.90 Å². The molecule has 0 aliphatic carbocycles. The first-order valence-electron chi connectivity index (χ1n) is 9.94. The maximum atomic E-state index is 13.1. The van der Waals surface area contributed by atoms with E-state index < -0.39 is 5.69 Å². The monoisotopic (exact) mass is 410 g/mol. The molecule has 30 heavy (non-hydrogen) atoms. The standard InChI is InChI=1S/C22H23FN4O3/c1-25-20-17(21(29)26(2)22(25)30)9-10-18(24-20)15-4-3-11-27(13-15)19(28)12-14-5-7-16(23)8-6-14/h5-10,15H,3-4,11-13H2,1-2H3/t15-/m0/s1. The summed E-state index contributed by atoms with van der Waals surface area (Å²) in [7, 11) is 3.05. The van der Waals surface area contributed by atoms with Crippen LogP contribution in [0.15, 0.2) is 46.0 Å². The summed E-state index contributed by atoms with van der Waals surface area (Å²) in [4.78, 5) is 43.8. The van der Waals surface area contributed by atoms with Crippen molar-refractivity contribution in [1.29, 1.82) is 0 Å². The molecule has 3 heterocycles. The number of aryl methyl sites for hydroxylation is 1. The van der Waals surface area contributed by atoms with Gasteiger partial charge in [-0.05, 0) is 42.7 Å². The number of nitrogens with zero attached hydrogens (tertiary/aromatic N) is 4. The summed E-state index contributed by atoms with van der Waals surface area (Å²) >= 11 is 0. The number of carbonyl (C=O) groups excluding carboxylic acids is 1. The van der Waals surface area contributed by atoms with Gasteiger partial charge in [-0.25, -0.2) is 14.2 Å². The third-order valence-corrected chi connectivity index (χ3v) is 5.78. The molecular formula is C22H23FN4O3. The molecule has 1 atom stereocenters. The van der Waals surface area contributed by atoms with Gasteiger partial charge in [-0.15, -0.1) is 0 Å². The number of hydrogen-bond donors (Lipinski definition) is 0. The van der Waals surface area contributed by atoms with Crippen LogP contribution in [0.3, 0.4) is 0 Å². The number of pyridine rings is 1. The Kier molecular flexibility index (Phi) is 5.24. The number of piperidine rings is 1. The number of rotatable bonds is 3. The lowest BCUT2D eigenvalue weighted by Gasteiger charge is -2.32. The summed E-state index contributed by atoms with van der Waals surface area (Å²) in [5.74, 6) is -0.302. The maximum absolute atomic E-state index is 13.1. The van der Waals surface area contributed by atoms with Crippen LogP contribution in [0.5, 0.6) is 0 Å². The fraction of sp³-hybridized carbons (Fsp3) is 0.364. The highest BCUT2D eigenvalue weighted by Gasteiger charge is 2.26. The molecule has 0 spiro atoms. The quantitative estimate of drug-likeness (QED) is 0.659. The Hall–Kier alpha value is -3.29. The number of hydrogen-bond acceptors (Lipinski definition) is 4. The van der Waals surface area contributed by atoms with Crippen LogP contribution >= 0.6 is 0 Å². The third kappa shape index (κ3) is 3.65. The SMILES string of the molecule is Cn1c(=O)c2ccc([C@H]3CCCN(C(=O)Cc4ccc(F)cc4)C3)nc2n(C)c1=O. The second-order valence-electron chi connectivity index (χ2n) is 7.80. The van der Waals surface area contributed by atoms with Gasteiger partial charge >= 0.3 is 5.69 Å². The van der Waals surface area contributed by atoms with E-state index in [-0.39, 0.29) is 29.6 Å². The van der Waals surface area contributed by atoms with Crippen molar-refractivity contribution >= 4 is 16.9 Å². The number of likely N-dealkylation sites (tertiary alicyclic amines) is 1. The minimum absolute atomic E-state index is 0.00614. The number of benzene rings is 1. The molecule has 1 amide bonds. The Balaban J connectivity index is 1.57. The van der Waals surface area contributed by atoms with Gasteiger partial charge in [-0.1, -0.05) is 12.1 Å². The van der Waals surface area contributed by atoms with Gasteiger partial charge in [0.15, 0.2) is 0 Å². The third-order valence-electron chi connectivity index (χ3n) is 5.78. The molecule has 1 fully saturated rings. The molecule has 7 nitrogen and oxygen atoms in total. The van der Waals surface area contributed by atoms with Gasteiger partial charge in [-0.3, -0.25) is 18.7 Å². The average Bonchev–Trinajstić information content (AvgIpc) is 2.77. The first kappa shape index (κ1) is 20.0. The highest BCUT2D eigenvalue weighted by atomic mass is 19.1. The molecule has 1 aliphatic rings. The van der Waals surface area contributed by atoms with E-state index in [1.54, 1.807) is 25.2 Å². The summed E-state index contributed by atoms with van der Waals surface area (Å²) in [5, 5.41) is 0.392. The van der Waals surface area contributed by atoms with E-state index >= 15 is 0 Å². The maximum Gasteiger partial charge on any atom is 0.332 e. The minimum Gasteiger partial charge on any atom is -0.342 e. The highest BCUT2D eigenvalue weighted by Crippen LogP contribution is 2.27. The van der Waals surface area contributed by atoms with Crippen LogP contribution < -0.4 is 11.2 Å². The molecule has 0 bridgehead atoms. The fourth-order valence-electron chi connectivity index (χ4n) is 4.03. The van der Waals surface area contributed by atoms with Crippen molar-refractivity contribution in [2.24, 2.45) is 14.1 Å². The van der Waals surface area contributed by atoms with Crippen LogP contribution in [0.4, 0.5) is 4.39 Å². The van der Waals surface area contributed by atoms with Gasteiger partial charge in [-0.2, -0.15) is 0 Å². The second-order valence-corrected chi connectivity index (χ2v) is 7.80. The Bertz CT molecular complexity index is 1230. The molecule has 156 valence electrons. The zero-order valence-electron chi connectivity index (χ0n) is 17.0. The topological polar surface area (TPSA) is 77.2 Å². The molecule has 1 aromatic carbocycles. The molecule has 4 rings (SSSR count). The van der Waals surface area contributed by atoms with E-state index in [1.165, 1.54) is 23.7 Å². The van der Waals surface area contributed by atoms with Crippen molar-refractivity contribution in [3.05, 3.63) is 74.3 Å². The summed E-state index contributed by atoms with van der Waals surface area (Å²) in [6.07, 6.45) is 1.94. The zero-order valence-corrected chi connectivity index (χ0v) is 17.0. The number of carbonyl (C=O) groups is 1. The van der Waals surface area contributed by atoms with Crippen LogP contribution in [-0.4, -0.2) is 38.0 Å². The molecular weight excluding hydrogens is 387 g/mol. The van der Waals surface area contributed by atoms with E-state index in [4.69, 9.17) is 0 Å². The van der Waals surface area contributed by atoms with Crippen LogP contribution in [0, 0.1) is 5.82 Å². The average molecular weight is 410 g/mol. The predicted octanol–water partition coefficient (Wildman–Crippen LogP) is 1.72. The van der Waals surface area contributed by atoms with Crippen molar-refractivity contribution < 1.29 is 9.18 Å². The van der Waals surface area contributed by atoms with Crippen LogP contribution in [-0.2, 0) is 25.3 Å². The summed E-state index contributed by atoms with van der Waals surface area (Å²) in [6, 6.07) is 9.48. The Labute approximate surface area is 172 Å². The number of halogens is 1. The first-order valence-corrected chi connectivity index (χ1v) is 9.94. The van der Waals surface area contributed by atoms with Crippen LogP contribution in [0.2, 0.25) is 0 Å². The number of fused-ring (bicyclic) bond motifs is 1. The lowest BCUT2D eigenvalue weighted by molar-refractivity contribution is -0.131. The molecule has 8 heteroatoms. The lowest BCUT2D eigenvalue weighted by atomic mass is 9.93. The number of aromatic nitrogens is 3. The fourth-order valence-corrected chi connectivity index (χ4v) is 4.03. The highest BCUT2D eigenvalue weighted by molar-refractivity contribution is 5.79. The largest absolute Gasteiger partial charge is 0.342 e.